The van der Waals surface area contributed by atoms with Crippen molar-refractivity contribution in [2.45, 2.75) is 19.9 Å². The predicted octanol–water partition coefficient (Wildman–Crippen LogP) is 3.02. The Balaban J connectivity index is 2.13. The van der Waals surface area contributed by atoms with Crippen LogP contribution in [-0.4, -0.2) is 41.8 Å². The summed E-state index contributed by atoms with van der Waals surface area (Å²) < 4.78 is 5.39. The Morgan fingerprint density at radius 1 is 1.29 bits per heavy atom. The highest BCUT2D eigenvalue weighted by molar-refractivity contribution is 7.13. The van der Waals surface area contributed by atoms with Gasteiger partial charge in [0.05, 0.1) is 25.0 Å². The highest BCUT2D eigenvalue weighted by Crippen LogP contribution is 2.32. The summed E-state index contributed by atoms with van der Waals surface area (Å²) in [5.74, 6) is 0.846. The third-order valence-corrected chi connectivity index (χ3v) is 4.16. The van der Waals surface area contributed by atoms with Crippen molar-refractivity contribution in [1.29, 1.82) is 0 Å². The molecule has 114 valence electrons. The second-order valence-corrected chi connectivity index (χ2v) is 5.70. The van der Waals surface area contributed by atoms with Crippen molar-refractivity contribution in [3.8, 4) is 16.3 Å². The summed E-state index contributed by atoms with van der Waals surface area (Å²) in [4.78, 5) is 6.93. The molecule has 0 radical (unpaired) electrons. The summed E-state index contributed by atoms with van der Waals surface area (Å²) >= 11 is 1.63. The van der Waals surface area contributed by atoms with Crippen molar-refractivity contribution in [2.24, 2.45) is 0 Å². The molecule has 4 nitrogen and oxygen atoms in total. The minimum Gasteiger partial charge on any atom is -0.496 e. The molecule has 1 N–H and O–H groups in total. The Bertz CT molecular complexity index is 551. The van der Waals surface area contributed by atoms with Gasteiger partial charge in [0, 0.05) is 18.5 Å². The van der Waals surface area contributed by atoms with Crippen LogP contribution in [0.1, 0.15) is 19.0 Å². The van der Waals surface area contributed by atoms with E-state index in [2.05, 4.69) is 17.2 Å². The predicted molar refractivity (Wildman–Crippen MR) is 86.8 cm³/mol. The minimum absolute atomic E-state index is 0.184. The number of ether oxygens (including phenoxy) is 1. The van der Waals surface area contributed by atoms with Gasteiger partial charge in [0.25, 0.3) is 0 Å². The Labute approximate surface area is 130 Å². The van der Waals surface area contributed by atoms with Crippen LogP contribution in [0.25, 0.3) is 10.6 Å². The van der Waals surface area contributed by atoms with Gasteiger partial charge in [0.2, 0.25) is 0 Å². The molecule has 0 aliphatic carbocycles. The first-order chi connectivity index (χ1) is 10.3. The number of hydrogen-bond acceptors (Lipinski definition) is 5. The molecule has 0 saturated carbocycles. The molecule has 0 amide bonds. The Morgan fingerprint density at radius 2 is 2.10 bits per heavy atom. The van der Waals surface area contributed by atoms with Gasteiger partial charge in [-0.3, -0.25) is 4.90 Å². The molecule has 0 unspecified atom stereocenters. The van der Waals surface area contributed by atoms with Crippen LogP contribution in [0.2, 0.25) is 0 Å². The van der Waals surface area contributed by atoms with Gasteiger partial charge in [-0.2, -0.15) is 0 Å². The van der Waals surface area contributed by atoms with E-state index >= 15 is 0 Å². The van der Waals surface area contributed by atoms with Crippen LogP contribution < -0.4 is 4.74 Å². The zero-order valence-electron chi connectivity index (χ0n) is 12.6. The third-order valence-electron chi connectivity index (χ3n) is 3.23. The normalized spacial score (nSPS) is 11.0. The summed E-state index contributed by atoms with van der Waals surface area (Å²) in [6.45, 7) is 4.77. The molecule has 1 aromatic heterocycles. The summed E-state index contributed by atoms with van der Waals surface area (Å²) in [7, 11) is 1.68. The standard InChI is InChI=1S/C16H22N2O2S/c1-3-8-18(9-10-19)11-13-12-21-16(17-13)14-6-4-5-7-15(14)20-2/h4-7,12,19H,3,8-11H2,1-2H3. The largest absolute Gasteiger partial charge is 0.496 e. The topological polar surface area (TPSA) is 45.6 Å². The molecule has 0 aliphatic rings. The highest BCUT2D eigenvalue weighted by atomic mass is 32.1. The number of nitrogens with zero attached hydrogens (tertiary/aromatic N) is 2. The molecule has 0 atom stereocenters. The lowest BCUT2D eigenvalue weighted by atomic mass is 10.2. The van der Waals surface area contributed by atoms with Gasteiger partial charge in [0.15, 0.2) is 0 Å². The lowest BCUT2D eigenvalue weighted by molar-refractivity contribution is 0.189. The molecule has 2 rings (SSSR count). The van der Waals surface area contributed by atoms with Gasteiger partial charge < -0.3 is 9.84 Å². The van der Waals surface area contributed by atoms with Gasteiger partial charge in [0.1, 0.15) is 10.8 Å². The average molecular weight is 306 g/mol. The van der Waals surface area contributed by atoms with Crippen molar-refractivity contribution < 1.29 is 9.84 Å². The highest BCUT2D eigenvalue weighted by Gasteiger charge is 2.11. The summed E-state index contributed by atoms with van der Waals surface area (Å²) in [5, 5.41) is 12.2. The Kier molecular flexibility index (Phi) is 6.17. The van der Waals surface area contributed by atoms with Crippen molar-refractivity contribution in [1.82, 2.24) is 9.88 Å². The molecule has 0 saturated heterocycles. The maximum absolute atomic E-state index is 9.12. The maximum atomic E-state index is 9.12. The second-order valence-electron chi connectivity index (χ2n) is 4.84. The number of rotatable bonds is 8. The fourth-order valence-corrected chi connectivity index (χ4v) is 3.12. The summed E-state index contributed by atoms with van der Waals surface area (Å²) in [6.07, 6.45) is 1.07. The van der Waals surface area contributed by atoms with Gasteiger partial charge >= 0.3 is 0 Å². The number of aliphatic hydroxyl groups is 1. The first-order valence-electron chi connectivity index (χ1n) is 7.19. The molecular weight excluding hydrogens is 284 g/mol. The smallest absolute Gasteiger partial charge is 0.129 e. The van der Waals surface area contributed by atoms with Crippen LogP contribution in [-0.2, 0) is 6.54 Å². The maximum Gasteiger partial charge on any atom is 0.129 e. The lowest BCUT2D eigenvalue weighted by Gasteiger charge is -2.18. The zero-order chi connectivity index (χ0) is 15.1. The summed E-state index contributed by atoms with van der Waals surface area (Å²) in [5.41, 5.74) is 2.07. The lowest BCUT2D eigenvalue weighted by Crippen LogP contribution is -2.27. The van der Waals surface area contributed by atoms with E-state index in [1.165, 1.54) is 0 Å². The van der Waals surface area contributed by atoms with E-state index < -0.39 is 0 Å². The van der Waals surface area contributed by atoms with Crippen molar-refractivity contribution >= 4 is 11.3 Å². The van der Waals surface area contributed by atoms with Crippen molar-refractivity contribution in [2.75, 3.05) is 26.8 Å². The van der Waals surface area contributed by atoms with E-state index in [0.717, 1.165) is 41.5 Å². The Morgan fingerprint density at radius 3 is 2.81 bits per heavy atom. The van der Waals surface area contributed by atoms with E-state index in [1.54, 1.807) is 18.4 Å². The van der Waals surface area contributed by atoms with Gasteiger partial charge in [-0.15, -0.1) is 11.3 Å². The number of methoxy groups -OCH3 is 1. The molecule has 21 heavy (non-hydrogen) atoms. The van der Waals surface area contributed by atoms with E-state index in [0.29, 0.717) is 6.54 Å². The third kappa shape index (κ3) is 4.27. The fraction of sp³-hybridized carbons (Fsp3) is 0.438. The van der Waals surface area contributed by atoms with Gasteiger partial charge in [-0.25, -0.2) is 4.98 Å². The number of aromatic nitrogens is 1. The van der Waals surface area contributed by atoms with Crippen LogP contribution in [0.4, 0.5) is 0 Å². The van der Waals surface area contributed by atoms with E-state index in [9.17, 15) is 0 Å². The Hall–Kier alpha value is -1.43. The number of aliphatic hydroxyl groups excluding tert-OH is 1. The molecule has 2 aromatic rings. The molecule has 0 aliphatic heterocycles. The number of hydrogen-bond donors (Lipinski definition) is 1. The molecular formula is C16H22N2O2S. The molecule has 0 spiro atoms. The van der Waals surface area contributed by atoms with Gasteiger partial charge in [-0.1, -0.05) is 19.1 Å². The van der Waals surface area contributed by atoms with Crippen molar-refractivity contribution in [3.05, 3.63) is 35.3 Å². The molecule has 1 heterocycles. The molecule has 0 fully saturated rings. The molecule has 5 heteroatoms. The van der Waals surface area contributed by atoms with Gasteiger partial charge in [-0.05, 0) is 25.1 Å². The van der Waals surface area contributed by atoms with Crippen LogP contribution in [0, 0.1) is 0 Å². The fourth-order valence-electron chi connectivity index (χ4n) is 2.28. The monoisotopic (exact) mass is 306 g/mol. The van der Waals surface area contributed by atoms with E-state index in [-0.39, 0.29) is 6.61 Å². The first-order valence-corrected chi connectivity index (χ1v) is 8.07. The summed E-state index contributed by atoms with van der Waals surface area (Å²) in [6, 6.07) is 7.93. The first kappa shape index (κ1) is 15.9. The van der Waals surface area contributed by atoms with Crippen molar-refractivity contribution in [3.63, 3.8) is 0 Å². The van der Waals surface area contributed by atoms with E-state index in [4.69, 9.17) is 14.8 Å². The SMILES string of the molecule is CCCN(CCO)Cc1csc(-c2ccccc2OC)n1. The number of para-hydroxylation sites is 1. The second kappa shape index (κ2) is 8.12. The molecule has 1 aromatic carbocycles. The van der Waals surface area contributed by atoms with E-state index in [1.807, 2.05) is 24.3 Å². The number of thiazole rings is 1. The molecule has 0 bridgehead atoms. The van der Waals surface area contributed by atoms with Crippen LogP contribution in [0.15, 0.2) is 29.6 Å². The minimum atomic E-state index is 0.184. The number of benzene rings is 1. The average Bonchev–Trinajstić information content (AvgIpc) is 2.96. The van der Waals surface area contributed by atoms with Crippen LogP contribution >= 0.6 is 11.3 Å². The van der Waals surface area contributed by atoms with Crippen LogP contribution in [0.3, 0.4) is 0 Å². The zero-order valence-corrected chi connectivity index (χ0v) is 13.4. The van der Waals surface area contributed by atoms with Crippen LogP contribution in [0.5, 0.6) is 5.75 Å². The quantitative estimate of drug-likeness (QED) is 0.814.